The fraction of sp³-hybridized carbons (Fsp3) is 0.524. The summed E-state index contributed by atoms with van der Waals surface area (Å²) in [6, 6.07) is 5.45. The van der Waals surface area contributed by atoms with Gasteiger partial charge in [0.1, 0.15) is 5.82 Å². The lowest BCUT2D eigenvalue weighted by Crippen LogP contribution is -2.40. The molecule has 2 aromatic rings. The third-order valence-corrected chi connectivity index (χ3v) is 6.12. The van der Waals surface area contributed by atoms with Crippen LogP contribution in [0.1, 0.15) is 54.2 Å². The summed E-state index contributed by atoms with van der Waals surface area (Å²) in [5.74, 6) is 3.69. The van der Waals surface area contributed by atoms with Crippen LogP contribution in [0.25, 0.3) is 0 Å². The Morgan fingerprint density at radius 2 is 2.04 bits per heavy atom. The highest BCUT2D eigenvalue weighted by Crippen LogP contribution is 2.34. The van der Waals surface area contributed by atoms with Crippen molar-refractivity contribution in [2.24, 2.45) is 5.92 Å². The van der Waals surface area contributed by atoms with E-state index in [-0.39, 0.29) is 12.7 Å². The van der Waals surface area contributed by atoms with E-state index in [1.165, 1.54) is 19.3 Å². The molecule has 1 atom stereocenters. The molecule has 27 heavy (non-hydrogen) atoms. The first-order chi connectivity index (χ1) is 13.3. The maximum atomic E-state index is 13.0. The summed E-state index contributed by atoms with van der Waals surface area (Å²) in [6.45, 7) is 2.83. The maximum absolute atomic E-state index is 13.0. The summed E-state index contributed by atoms with van der Waals surface area (Å²) >= 11 is 0. The number of fused-ring (bicyclic) bond motifs is 1. The second-order valence-corrected chi connectivity index (χ2v) is 7.89. The molecule has 3 heterocycles. The number of piperidine rings is 1. The summed E-state index contributed by atoms with van der Waals surface area (Å²) in [5.41, 5.74) is 0.665. The zero-order chi connectivity index (χ0) is 18.2. The van der Waals surface area contributed by atoms with Crippen molar-refractivity contribution in [2.75, 3.05) is 19.9 Å². The minimum Gasteiger partial charge on any atom is -0.454 e. The Balaban J connectivity index is 1.31. The van der Waals surface area contributed by atoms with Crippen molar-refractivity contribution in [3.63, 3.8) is 0 Å². The smallest absolute Gasteiger partial charge is 0.254 e. The SMILES string of the molecule is O=C(c1ccc2c(c1)OCO2)N1CCC[C@@H](c2nccn2CC2CCC2)C1. The van der Waals surface area contributed by atoms with Crippen LogP contribution < -0.4 is 9.47 Å². The molecule has 3 aliphatic rings. The van der Waals surface area contributed by atoms with Crippen molar-refractivity contribution in [1.29, 1.82) is 0 Å². The van der Waals surface area contributed by atoms with E-state index in [0.29, 0.717) is 23.0 Å². The fourth-order valence-corrected chi connectivity index (χ4v) is 4.37. The summed E-state index contributed by atoms with van der Waals surface area (Å²) in [7, 11) is 0. The van der Waals surface area contributed by atoms with Gasteiger partial charge < -0.3 is 18.9 Å². The van der Waals surface area contributed by atoms with Crippen molar-refractivity contribution < 1.29 is 14.3 Å². The Kier molecular flexibility index (Phi) is 4.26. The van der Waals surface area contributed by atoms with Gasteiger partial charge in [0.05, 0.1) is 0 Å². The van der Waals surface area contributed by atoms with Crippen LogP contribution in [-0.2, 0) is 6.54 Å². The van der Waals surface area contributed by atoms with E-state index in [2.05, 4.69) is 15.7 Å². The minimum atomic E-state index is 0.0649. The number of benzene rings is 1. The molecule has 142 valence electrons. The van der Waals surface area contributed by atoms with E-state index in [9.17, 15) is 4.79 Å². The van der Waals surface area contributed by atoms with Crippen molar-refractivity contribution in [3.8, 4) is 11.5 Å². The number of carbonyl (C=O) groups excluding carboxylic acids is 1. The average molecular weight is 367 g/mol. The molecule has 1 amide bonds. The van der Waals surface area contributed by atoms with Gasteiger partial charge in [-0.1, -0.05) is 6.42 Å². The molecular weight excluding hydrogens is 342 g/mol. The third kappa shape index (κ3) is 3.17. The highest BCUT2D eigenvalue weighted by Gasteiger charge is 2.29. The second kappa shape index (κ2) is 6.91. The average Bonchev–Trinajstić information content (AvgIpc) is 3.32. The second-order valence-electron chi connectivity index (χ2n) is 7.89. The van der Waals surface area contributed by atoms with Crippen LogP contribution >= 0.6 is 0 Å². The Bertz CT molecular complexity index is 843. The Labute approximate surface area is 159 Å². The molecule has 0 N–H and O–H groups in total. The van der Waals surface area contributed by atoms with Crippen molar-refractivity contribution in [2.45, 2.75) is 44.6 Å². The number of hydrogen-bond acceptors (Lipinski definition) is 4. The highest BCUT2D eigenvalue weighted by molar-refractivity contribution is 5.95. The molecule has 6 nitrogen and oxygen atoms in total. The lowest BCUT2D eigenvalue weighted by molar-refractivity contribution is 0.0702. The Morgan fingerprint density at radius 3 is 2.89 bits per heavy atom. The van der Waals surface area contributed by atoms with E-state index in [1.807, 2.05) is 23.2 Å². The van der Waals surface area contributed by atoms with Gasteiger partial charge >= 0.3 is 0 Å². The highest BCUT2D eigenvalue weighted by atomic mass is 16.7. The predicted octanol–water partition coefficient (Wildman–Crippen LogP) is 3.43. The number of imidazole rings is 1. The molecule has 0 spiro atoms. The number of ether oxygens (including phenoxy) is 2. The molecule has 1 aromatic carbocycles. The molecule has 0 radical (unpaired) electrons. The van der Waals surface area contributed by atoms with Crippen LogP contribution in [-0.4, -0.2) is 40.2 Å². The van der Waals surface area contributed by atoms with Crippen molar-refractivity contribution >= 4 is 5.91 Å². The van der Waals surface area contributed by atoms with E-state index < -0.39 is 0 Å². The van der Waals surface area contributed by atoms with Crippen LogP contribution in [0, 0.1) is 5.92 Å². The lowest BCUT2D eigenvalue weighted by atomic mass is 9.85. The molecule has 1 saturated carbocycles. The quantitative estimate of drug-likeness (QED) is 0.831. The van der Waals surface area contributed by atoms with Gasteiger partial charge in [-0.15, -0.1) is 0 Å². The number of carbonyl (C=O) groups is 1. The molecule has 6 heteroatoms. The first-order valence-electron chi connectivity index (χ1n) is 9.98. The predicted molar refractivity (Wildman–Crippen MR) is 100 cm³/mol. The molecule has 1 saturated heterocycles. The molecule has 5 rings (SSSR count). The number of likely N-dealkylation sites (tertiary alicyclic amines) is 1. The van der Waals surface area contributed by atoms with Gasteiger partial charge in [-0.05, 0) is 49.8 Å². The van der Waals surface area contributed by atoms with Crippen LogP contribution in [0.15, 0.2) is 30.6 Å². The van der Waals surface area contributed by atoms with E-state index >= 15 is 0 Å². The summed E-state index contributed by atoms with van der Waals surface area (Å²) in [6.07, 6.45) is 10.1. The zero-order valence-electron chi connectivity index (χ0n) is 15.5. The van der Waals surface area contributed by atoms with Crippen LogP contribution in [0.4, 0.5) is 0 Å². The largest absolute Gasteiger partial charge is 0.454 e. The zero-order valence-corrected chi connectivity index (χ0v) is 15.5. The molecule has 2 aliphatic heterocycles. The number of aromatic nitrogens is 2. The molecule has 0 unspecified atom stereocenters. The normalized spacial score (nSPS) is 21.9. The monoisotopic (exact) mass is 367 g/mol. The Hall–Kier alpha value is -2.50. The van der Waals surface area contributed by atoms with E-state index in [4.69, 9.17) is 9.47 Å². The van der Waals surface area contributed by atoms with E-state index in [0.717, 1.165) is 44.2 Å². The van der Waals surface area contributed by atoms with Crippen LogP contribution in [0.3, 0.4) is 0 Å². The molecule has 2 fully saturated rings. The maximum Gasteiger partial charge on any atom is 0.254 e. The van der Waals surface area contributed by atoms with Gasteiger partial charge in [-0.3, -0.25) is 4.79 Å². The summed E-state index contributed by atoms with van der Waals surface area (Å²) in [4.78, 5) is 19.7. The number of amides is 1. The number of nitrogens with zero attached hydrogens (tertiary/aromatic N) is 3. The summed E-state index contributed by atoms with van der Waals surface area (Å²) < 4.78 is 13.1. The first kappa shape index (κ1) is 16.7. The Morgan fingerprint density at radius 1 is 1.15 bits per heavy atom. The number of rotatable bonds is 4. The van der Waals surface area contributed by atoms with Gasteiger partial charge in [0.2, 0.25) is 6.79 Å². The standard InChI is InChI=1S/C21H25N3O3/c25-21(16-6-7-18-19(11-16)27-14-26-18)24-9-2-5-17(13-24)20-22-8-10-23(20)12-15-3-1-4-15/h6-8,10-11,15,17H,1-5,9,12-14H2/t17-/m1/s1. The van der Waals surface area contributed by atoms with Gasteiger partial charge in [-0.25, -0.2) is 4.98 Å². The lowest BCUT2D eigenvalue weighted by Gasteiger charge is -2.33. The molecule has 0 bridgehead atoms. The minimum absolute atomic E-state index is 0.0649. The molecular formula is C21H25N3O3. The van der Waals surface area contributed by atoms with Gasteiger partial charge in [0.15, 0.2) is 11.5 Å². The molecule has 1 aromatic heterocycles. The van der Waals surface area contributed by atoms with Crippen molar-refractivity contribution in [3.05, 3.63) is 42.0 Å². The number of hydrogen-bond donors (Lipinski definition) is 0. The van der Waals surface area contributed by atoms with Gasteiger partial charge in [-0.2, -0.15) is 0 Å². The third-order valence-electron chi connectivity index (χ3n) is 6.12. The van der Waals surface area contributed by atoms with Crippen LogP contribution in [0.2, 0.25) is 0 Å². The summed E-state index contributed by atoms with van der Waals surface area (Å²) in [5, 5.41) is 0. The van der Waals surface area contributed by atoms with Gasteiger partial charge in [0, 0.05) is 43.5 Å². The van der Waals surface area contributed by atoms with Crippen molar-refractivity contribution in [1.82, 2.24) is 14.5 Å². The first-order valence-corrected chi connectivity index (χ1v) is 9.98. The molecule has 1 aliphatic carbocycles. The fourth-order valence-electron chi connectivity index (χ4n) is 4.37. The van der Waals surface area contributed by atoms with E-state index in [1.54, 1.807) is 6.07 Å². The topological polar surface area (TPSA) is 56.6 Å². The van der Waals surface area contributed by atoms with Crippen LogP contribution in [0.5, 0.6) is 11.5 Å². The van der Waals surface area contributed by atoms with Gasteiger partial charge in [0.25, 0.3) is 5.91 Å².